The molecule has 1 aromatic heterocycles. The van der Waals surface area contributed by atoms with Crippen LogP contribution in [0.4, 0.5) is 0 Å². The number of aromatic nitrogens is 3. The zero-order valence-electron chi connectivity index (χ0n) is 12.6. The smallest absolute Gasteiger partial charge is 0.208 e. The Kier molecular flexibility index (Phi) is 5.20. The van der Waals surface area contributed by atoms with Crippen LogP contribution in [0, 0.1) is 6.92 Å². The van der Waals surface area contributed by atoms with E-state index in [1.165, 1.54) is 5.56 Å². The van der Waals surface area contributed by atoms with Crippen LogP contribution in [-0.2, 0) is 12.4 Å². The highest BCUT2D eigenvalue weighted by atomic mass is 35.5. The van der Waals surface area contributed by atoms with Crippen molar-refractivity contribution in [3.05, 3.63) is 70.5 Å². The van der Waals surface area contributed by atoms with Gasteiger partial charge in [-0.2, -0.15) is 0 Å². The van der Waals surface area contributed by atoms with Crippen LogP contribution in [0.25, 0.3) is 0 Å². The Labute approximate surface area is 144 Å². The van der Waals surface area contributed by atoms with Gasteiger partial charge in [-0.1, -0.05) is 53.7 Å². The van der Waals surface area contributed by atoms with Crippen molar-refractivity contribution in [1.29, 1.82) is 0 Å². The fraction of sp³-hybridized carbons (Fsp3) is 0.176. The molecule has 2 aromatic carbocycles. The van der Waals surface area contributed by atoms with Crippen LogP contribution in [0.3, 0.4) is 0 Å². The van der Waals surface area contributed by atoms with E-state index in [0.29, 0.717) is 17.6 Å². The van der Waals surface area contributed by atoms with Crippen molar-refractivity contribution in [1.82, 2.24) is 15.2 Å². The van der Waals surface area contributed by atoms with E-state index in [4.69, 9.17) is 16.3 Å². The lowest BCUT2D eigenvalue weighted by molar-refractivity contribution is 0.294. The molecule has 3 rings (SSSR count). The second-order valence-electron chi connectivity index (χ2n) is 5.03. The molecule has 0 radical (unpaired) electrons. The number of para-hydroxylation sites is 1. The average molecular weight is 346 g/mol. The third kappa shape index (κ3) is 4.50. The van der Waals surface area contributed by atoms with Gasteiger partial charge in [-0.05, 0) is 36.2 Å². The number of benzene rings is 2. The molecule has 118 valence electrons. The van der Waals surface area contributed by atoms with Gasteiger partial charge >= 0.3 is 0 Å². The second-order valence-corrected chi connectivity index (χ2v) is 6.41. The Morgan fingerprint density at radius 1 is 1.13 bits per heavy atom. The van der Waals surface area contributed by atoms with E-state index in [1.807, 2.05) is 55.5 Å². The molecule has 4 nitrogen and oxygen atoms in total. The summed E-state index contributed by atoms with van der Waals surface area (Å²) < 4.78 is 5.75. The van der Waals surface area contributed by atoms with E-state index in [1.54, 1.807) is 11.8 Å². The number of H-pyrrole nitrogens is 1. The summed E-state index contributed by atoms with van der Waals surface area (Å²) in [5, 5.41) is 8.57. The summed E-state index contributed by atoms with van der Waals surface area (Å²) in [6.07, 6.45) is 0. The molecule has 0 aliphatic rings. The number of halogens is 1. The summed E-state index contributed by atoms with van der Waals surface area (Å²) in [5.74, 6) is 2.37. The molecule has 1 heterocycles. The van der Waals surface area contributed by atoms with Gasteiger partial charge < -0.3 is 4.74 Å². The van der Waals surface area contributed by atoms with Crippen LogP contribution in [0.1, 0.15) is 17.0 Å². The molecule has 0 fully saturated rings. The normalized spacial score (nSPS) is 10.7. The maximum absolute atomic E-state index is 5.88. The predicted octanol–water partition coefficient (Wildman–Crippen LogP) is 4.64. The number of nitrogens with one attached hydrogen (secondary N) is 1. The molecule has 0 bridgehead atoms. The van der Waals surface area contributed by atoms with Gasteiger partial charge in [0, 0.05) is 10.8 Å². The zero-order valence-corrected chi connectivity index (χ0v) is 14.2. The van der Waals surface area contributed by atoms with Crippen LogP contribution < -0.4 is 4.74 Å². The topological polar surface area (TPSA) is 50.8 Å². The quantitative estimate of drug-likeness (QED) is 0.661. The van der Waals surface area contributed by atoms with Crippen molar-refractivity contribution in [2.45, 2.75) is 24.4 Å². The molecule has 0 saturated heterocycles. The van der Waals surface area contributed by atoms with E-state index in [2.05, 4.69) is 15.2 Å². The van der Waals surface area contributed by atoms with Crippen molar-refractivity contribution in [3.63, 3.8) is 0 Å². The first kappa shape index (κ1) is 15.9. The summed E-state index contributed by atoms with van der Waals surface area (Å²) in [4.78, 5) is 4.43. The highest BCUT2D eigenvalue weighted by molar-refractivity contribution is 7.98. The summed E-state index contributed by atoms with van der Waals surface area (Å²) in [6, 6.07) is 15.7. The van der Waals surface area contributed by atoms with Crippen LogP contribution in [0.15, 0.2) is 53.7 Å². The molecular weight excluding hydrogens is 330 g/mol. The van der Waals surface area contributed by atoms with Gasteiger partial charge in [0.1, 0.15) is 12.4 Å². The molecule has 0 aliphatic carbocycles. The molecule has 3 aromatic rings. The molecule has 0 unspecified atom stereocenters. The Bertz CT molecular complexity index is 774. The minimum atomic E-state index is 0.374. The molecule has 0 spiro atoms. The van der Waals surface area contributed by atoms with Crippen molar-refractivity contribution >= 4 is 23.4 Å². The number of rotatable bonds is 6. The highest BCUT2D eigenvalue weighted by Crippen LogP contribution is 2.21. The van der Waals surface area contributed by atoms with Gasteiger partial charge in [-0.15, -0.1) is 5.10 Å². The van der Waals surface area contributed by atoms with E-state index in [-0.39, 0.29) is 0 Å². The molecular formula is C17H16ClN3OS. The maximum Gasteiger partial charge on any atom is 0.208 e. The Balaban J connectivity index is 1.53. The number of nitrogens with zero attached hydrogens (tertiary/aromatic N) is 2. The van der Waals surface area contributed by atoms with Crippen molar-refractivity contribution in [3.8, 4) is 5.75 Å². The fourth-order valence-corrected chi connectivity index (χ4v) is 2.90. The molecule has 6 heteroatoms. The summed E-state index contributed by atoms with van der Waals surface area (Å²) in [7, 11) is 0. The SMILES string of the molecule is Cc1ccccc1OCc1nc(SCc2ccc(Cl)cc2)n[nH]1. The van der Waals surface area contributed by atoms with E-state index >= 15 is 0 Å². The fourth-order valence-electron chi connectivity index (χ4n) is 2.00. The number of aromatic amines is 1. The van der Waals surface area contributed by atoms with Gasteiger partial charge in [0.05, 0.1) is 0 Å². The molecule has 1 N–H and O–H groups in total. The van der Waals surface area contributed by atoms with Crippen molar-refractivity contribution < 1.29 is 4.74 Å². The average Bonchev–Trinajstić information content (AvgIpc) is 3.02. The second kappa shape index (κ2) is 7.53. The predicted molar refractivity (Wildman–Crippen MR) is 92.9 cm³/mol. The van der Waals surface area contributed by atoms with Crippen LogP contribution in [0.5, 0.6) is 5.75 Å². The number of aryl methyl sites for hydroxylation is 1. The number of thioether (sulfide) groups is 1. The minimum absolute atomic E-state index is 0.374. The summed E-state index contributed by atoms with van der Waals surface area (Å²) in [5.41, 5.74) is 2.28. The van der Waals surface area contributed by atoms with Gasteiger partial charge in [0.15, 0.2) is 5.82 Å². The minimum Gasteiger partial charge on any atom is -0.485 e. The first-order valence-corrected chi connectivity index (χ1v) is 8.54. The summed E-state index contributed by atoms with van der Waals surface area (Å²) in [6.45, 7) is 2.39. The maximum atomic E-state index is 5.88. The van der Waals surface area contributed by atoms with Crippen molar-refractivity contribution in [2.75, 3.05) is 0 Å². The Morgan fingerprint density at radius 3 is 2.70 bits per heavy atom. The Hall–Kier alpha value is -1.98. The monoisotopic (exact) mass is 345 g/mol. The lowest BCUT2D eigenvalue weighted by Gasteiger charge is -2.06. The number of hydrogen-bond donors (Lipinski definition) is 1. The van der Waals surface area contributed by atoms with E-state index in [0.717, 1.165) is 22.1 Å². The third-order valence-electron chi connectivity index (χ3n) is 3.25. The van der Waals surface area contributed by atoms with Gasteiger partial charge in [0.25, 0.3) is 0 Å². The lowest BCUT2D eigenvalue weighted by atomic mass is 10.2. The Morgan fingerprint density at radius 2 is 1.91 bits per heavy atom. The molecule has 0 saturated carbocycles. The number of hydrogen-bond acceptors (Lipinski definition) is 4. The zero-order chi connectivity index (χ0) is 16.1. The molecule has 0 amide bonds. The standard InChI is InChI=1S/C17H16ClN3OS/c1-12-4-2-3-5-15(12)22-10-16-19-17(21-20-16)23-11-13-6-8-14(18)9-7-13/h2-9H,10-11H2,1H3,(H,19,20,21). The van der Waals surface area contributed by atoms with E-state index < -0.39 is 0 Å². The highest BCUT2D eigenvalue weighted by Gasteiger charge is 2.06. The van der Waals surface area contributed by atoms with Crippen LogP contribution >= 0.6 is 23.4 Å². The third-order valence-corrected chi connectivity index (χ3v) is 4.42. The van der Waals surface area contributed by atoms with Gasteiger partial charge in [-0.25, -0.2) is 4.98 Å². The van der Waals surface area contributed by atoms with Crippen LogP contribution in [-0.4, -0.2) is 15.2 Å². The number of ether oxygens (including phenoxy) is 1. The largest absolute Gasteiger partial charge is 0.485 e. The first-order valence-electron chi connectivity index (χ1n) is 7.17. The van der Waals surface area contributed by atoms with Gasteiger partial charge in [0.2, 0.25) is 5.16 Å². The summed E-state index contributed by atoms with van der Waals surface area (Å²) >= 11 is 7.45. The molecule has 23 heavy (non-hydrogen) atoms. The molecule has 0 aliphatic heterocycles. The van der Waals surface area contributed by atoms with E-state index in [9.17, 15) is 0 Å². The van der Waals surface area contributed by atoms with Gasteiger partial charge in [-0.3, -0.25) is 5.10 Å². The first-order chi connectivity index (χ1) is 11.2. The molecule has 0 atom stereocenters. The van der Waals surface area contributed by atoms with Crippen molar-refractivity contribution in [2.24, 2.45) is 0 Å². The van der Waals surface area contributed by atoms with Crippen LogP contribution in [0.2, 0.25) is 5.02 Å². The lowest BCUT2D eigenvalue weighted by Crippen LogP contribution is -1.98.